The van der Waals surface area contributed by atoms with Crippen LogP contribution >= 0.6 is 0 Å². The van der Waals surface area contributed by atoms with Crippen molar-refractivity contribution >= 4 is 53.5 Å². The summed E-state index contributed by atoms with van der Waals surface area (Å²) in [7, 11) is 1.99. The maximum Gasteiger partial charge on any atom is 0.374 e. The van der Waals surface area contributed by atoms with Crippen molar-refractivity contribution in [3.8, 4) is 0 Å². The zero-order chi connectivity index (χ0) is 82.6. The minimum absolute atomic E-state index is 0.0206. The highest BCUT2D eigenvalue weighted by Gasteiger charge is 2.49. The van der Waals surface area contributed by atoms with Crippen LogP contribution in [0.3, 0.4) is 0 Å². The number of carbonyl (C=O) groups is 9. The fourth-order valence-electron chi connectivity index (χ4n) is 13.9. The Hall–Kier alpha value is -6.17. The highest BCUT2D eigenvalue weighted by atomic mass is 16.6. The number of piperidine rings is 4. The van der Waals surface area contributed by atoms with E-state index in [0.717, 1.165) is 51.5 Å². The number of carbonyl (C=O) groups excluding carboxylic acids is 9. The van der Waals surface area contributed by atoms with Gasteiger partial charge in [0.1, 0.15) is 65.1 Å². The smallest absolute Gasteiger partial charge is 0.374 e. The molecule has 0 bridgehead atoms. The van der Waals surface area contributed by atoms with Gasteiger partial charge in [-0.05, 0) is 190 Å². The van der Waals surface area contributed by atoms with Gasteiger partial charge in [0.05, 0.1) is 19.3 Å². The Bertz CT molecular complexity index is 2850. The largest absolute Gasteiger partial charge is 0.462 e. The van der Waals surface area contributed by atoms with E-state index < -0.39 is 70.9 Å². The van der Waals surface area contributed by atoms with E-state index in [-0.39, 0.29) is 148 Å². The molecule has 2 unspecified atom stereocenters. The molecule has 0 amide bonds. The topological polar surface area (TPSA) is 392 Å². The van der Waals surface area contributed by atoms with E-state index in [9.17, 15) is 74.2 Å². The SMILES string of the molecule is C=C(C)C(=O)OCC(O)CNC1CC(C)(C)N(O)C(C)(C)C1.C=C(C)C(=O)OCCOC(=O)CCN(C)C1CC(C)(C)N(O)C(C)(C)C1.C=C(C)C(=O)OCCOC(=O)CCN(CCC(=O)OCCOC(=O)C(C)=O)C1CC(C)(C)N(O)C(C)(C)C1.C=CC(=O)OCC(O)CNC1CC(C)(C)N(O)C(C)(C)C1. The summed E-state index contributed by atoms with van der Waals surface area (Å²) in [6, 6.07) is 0.591. The summed E-state index contributed by atoms with van der Waals surface area (Å²) in [5.41, 5.74) is -2.19. The molecule has 0 saturated carbocycles. The first kappa shape index (κ1) is 98.8. The minimum Gasteiger partial charge on any atom is -0.462 e. The lowest BCUT2D eigenvalue weighted by Crippen LogP contribution is -2.63. The average molecular weight is 1530 g/mol. The molecule has 4 aliphatic heterocycles. The van der Waals surface area contributed by atoms with Crippen LogP contribution in [0.2, 0.25) is 0 Å². The van der Waals surface area contributed by atoms with Gasteiger partial charge in [0.15, 0.2) is 0 Å². The maximum absolute atomic E-state index is 12.3. The number of aliphatic hydroxyl groups is 2. The molecule has 0 spiro atoms. The number of hydrogen-bond donors (Lipinski definition) is 8. The maximum atomic E-state index is 12.3. The predicted octanol–water partition coefficient (Wildman–Crippen LogP) is 6.74. The van der Waals surface area contributed by atoms with Gasteiger partial charge in [0.2, 0.25) is 5.78 Å². The molecule has 8 N–H and O–H groups in total. The monoisotopic (exact) mass is 1530 g/mol. The fraction of sp³-hybridized carbons (Fsp3) is 0.776. The Balaban J connectivity index is 0.000000735. The lowest BCUT2D eigenvalue weighted by molar-refractivity contribution is -0.252. The highest BCUT2D eigenvalue weighted by Crippen LogP contribution is 2.41. The van der Waals surface area contributed by atoms with Gasteiger partial charge in [-0.2, -0.15) is 20.3 Å². The predicted molar refractivity (Wildman–Crippen MR) is 398 cm³/mol. The van der Waals surface area contributed by atoms with Crippen molar-refractivity contribution in [2.45, 2.75) is 290 Å². The van der Waals surface area contributed by atoms with E-state index in [4.69, 9.17) is 33.2 Å². The van der Waals surface area contributed by atoms with E-state index in [0.29, 0.717) is 50.2 Å². The third kappa shape index (κ3) is 35.6. The van der Waals surface area contributed by atoms with Crippen LogP contribution in [0.1, 0.15) is 209 Å². The summed E-state index contributed by atoms with van der Waals surface area (Å²) in [4.78, 5) is 108. The standard InChI is InChI=1S/C26H42N2O10.C19H34N2O5.C16H30N2O4.C15H28N2O4/c1-18(2)23(32)37-14-12-35-21(30)8-10-27(20-16-25(4,5)28(34)26(6,7)17-20)11-9-22(31)36-13-15-38-24(33)19(3)29;1-14(2)17(23)26-11-10-25-16(22)8-9-20(7)15-12-18(3,4)21(24)19(5,6)13-15;1-11(2)14(20)22-10-13(19)9-17-12-7-15(3,4)18(21)16(5,6)8-12;1-6-13(19)21-10-12(18)9-16-11-7-14(2,3)17(20)15(4,5)8-11/h20,34H,1,8-17H2,2-7H3;15,24H,1,8-13H2,2-7H3;12-13,17,19,21H,1,7-10H2,2-6H3;6,11-12,16,18,20H,1,7-10H2,2-5H3. The van der Waals surface area contributed by atoms with Gasteiger partial charge in [-0.25, -0.2) is 24.0 Å². The number of nitrogens with zero attached hydrogens (tertiary/aromatic N) is 6. The normalized spacial score (nSPS) is 20.2. The van der Waals surface area contributed by atoms with Crippen molar-refractivity contribution in [2.75, 3.05) is 92.6 Å². The van der Waals surface area contributed by atoms with Crippen LogP contribution in [-0.4, -0.2) is 288 Å². The third-order valence-corrected chi connectivity index (χ3v) is 18.9. The second-order valence-corrected chi connectivity index (χ2v) is 33.4. The Morgan fingerprint density at radius 2 is 0.673 bits per heavy atom. The van der Waals surface area contributed by atoms with Gasteiger partial charge >= 0.3 is 47.8 Å². The number of nitrogens with one attached hydrogen (secondary N) is 2. The molecule has 0 aromatic rings. The zero-order valence-corrected chi connectivity index (χ0v) is 68.1. The van der Waals surface area contributed by atoms with Crippen molar-refractivity contribution in [3.63, 3.8) is 0 Å². The molecule has 0 aromatic carbocycles. The van der Waals surface area contributed by atoms with Crippen molar-refractivity contribution in [3.05, 3.63) is 49.1 Å². The summed E-state index contributed by atoms with van der Waals surface area (Å²) in [5, 5.41) is 73.4. The van der Waals surface area contributed by atoms with Gasteiger partial charge in [-0.3, -0.25) is 24.1 Å². The summed E-state index contributed by atoms with van der Waals surface area (Å²) in [6.07, 6.45) is 5.78. The second-order valence-electron chi connectivity index (χ2n) is 33.4. The van der Waals surface area contributed by atoms with Gasteiger partial charge in [-0.15, -0.1) is 0 Å². The van der Waals surface area contributed by atoms with Crippen LogP contribution in [0.4, 0.5) is 0 Å². The molecule has 4 fully saturated rings. The molecule has 31 nitrogen and oxygen atoms in total. The molecule has 4 heterocycles. The van der Waals surface area contributed by atoms with E-state index in [1.165, 1.54) is 27.2 Å². The molecule has 2 atom stereocenters. The molecule has 4 rings (SSSR count). The number of ketones is 1. The molecule has 0 aromatic heterocycles. The summed E-state index contributed by atoms with van der Waals surface area (Å²) < 4.78 is 39.5. The summed E-state index contributed by atoms with van der Waals surface area (Å²) in [5.74, 6) is -5.12. The van der Waals surface area contributed by atoms with Crippen LogP contribution in [0.15, 0.2) is 49.1 Å². The molecule has 0 radical (unpaired) electrons. The number of esters is 8. The Kier molecular flexibility index (Phi) is 40.7. The van der Waals surface area contributed by atoms with E-state index in [1.54, 1.807) is 13.8 Å². The molecular formula is C76H134N8O23. The first-order valence-corrected chi connectivity index (χ1v) is 36.6. The third-order valence-electron chi connectivity index (χ3n) is 18.9. The summed E-state index contributed by atoms with van der Waals surface area (Å²) >= 11 is 0. The first-order valence-electron chi connectivity index (χ1n) is 36.6. The van der Waals surface area contributed by atoms with E-state index in [2.05, 4.69) is 46.6 Å². The number of aliphatic hydroxyl groups excluding tert-OH is 2. The van der Waals surface area contributed by atoms with Crippen LogP contribution in [-0.2, 0) is 81.0 Å². The van der Waals surface area contributed by atoms with Crippen LogP contribution in [0.5, 0.6) is 0 Å². The molecular weight excluding hydrogens is 1390 g/mol. The number of Topliss-reactive ketones (excluding diaryl/α,β-unsaturated/α-hetero) is 1. The van der Waals surface area contributed by atoms with Gasteiger partial charge in [-0.1, -0.05) is 26.3 Å². The summed E-state index contributed by atoms with van der Waals surface area (Å²) in [6.45, 7) is 52.5. The quantitative estimate of drug-likeness (QED) is 0.0107. The van der Waals surface area contributed by atoms with E-state index in [1.807, 2.05) is 123 Å². The first-order chi connectivity index (χ1) is 49.0. The molecule has 0 aliphatic carbocycles. The van der Waals surface area contributed by atoms with Crippen LogP contribution in [0.25, 0.3) is 0 Å². The molecule has 616 valence electrons. The number of hydrogen-bond acceptors (Lipinski definition) is 31. The molecule has 4 saturated heterocycles. The zero-order valence-electron chi connectivity index (χ0n) is 68.1. The van der Waals surface area contributed by atoms with Gasteiger partial charge < -0.3 is 84.5 Å². The number of rotatable bonds is 35. The minimum atomic E-state index is -0.992. The van der Waals surface area contributed by atoms with Gasteiger partial charge in [0, 0.05) is 131 Å². The fourth-order valence-corrected chi connectivity index (χ4v) is 13.9. The van der Waals surface area contributed by atoms with Crippen molar-refractivity contribution < 1.29 is 112 Å². The van der Waals surface area contributed by atoms with Crippen molar-refractivity contribution in [1.29, 1.82) is 0 Å². The Labute approximate surface area is 635 Å². The average Bonchev–Trinajstić information content (AvgIpc) is 0.775. The van der Waals surface area contributed by atoms with Crippen LogP contribution < -0.4 is 10.6 Å². The van der Waals surface area contributed by atoms with Crippen LogP contribution in [0, 0.1) is 0 Å². The lowest BCUT2D eigenvalue weighted by Gasteiger charge is -2.53. The lowest BCUT2D eigenvalue weighted by atomic mass is 9.78. The molecule has 107 heavy (non-hydrogen) atoms. The second kappa shape index (κ2) is 44.0. The molecule has 4 aliphatic rings. The van der Waals surface area contributed by atoms with E-state index >= 15 is 0 Å². The highest BCUT2D eigenvalue weighted by molar-refractivity contribution is 6.32. The van der Waals surface area contributed by atoms with Gasteiger partial charge in [0.25, 0.3) is 0 Å². The van der Waals surface area contributed by atoms with Crippen molar-refractivity contribution in [1.82, 2.24) is 40.7 Å². The Morgan fingerprint density at radius 1 is 0.411 bits per heavy atom. The number of hydroxylamine groups is 8. The Morgan fingerprint density at radius 3 is 0.972 bits per heavy atom. The molecule has 31 heteroatoms. The number of ether oxygens (including phenoxy) is 8. The van der Waals surface area contributed by atoms with Crippen molar-refractivity contribution in [2.24, 2.45) is 0 Å².